The second-order valence-electron chi connectivity index (χ2n) is 16.8. The lowest BCUT2D eigenvalue weighted by atomic mass is 10.00. The minimum Gasteiger partial charge on any atom is -0.309 e. The van der Waals surface area contributed by atoms with Crippen molar-refractivity contribution in [2.45, 2.75) is 9.79 Å². The van der Waals surface area contributed by atoms with Gasteiger partial charge in [0.25, 0.3) is 0 Å². The van der Waals surface area contributed by atoms with Crippen molar-refractivity contribution in [3.8, 4) is 62.1 Å². The summed E-state index contributed by atoms with van der Waals surface area (Å²) >= 11 is 1.83. The third kappa shape index (κ3) is 6.85. The molecule has 0 N–H and O–H groups in total. The van der Waals surface area contributed by atoms with E-state index < -0.39 is 0 Å². The van der Waals surface area contributed by atoms with Crippen LogP contribution in [-0.2, 0) is 0 Å². The van der Waals surface area contributed by atoms with E-state index in [1.807, 2.05) is 36.0 Å². The molecule has 0 amide bonds. The number of aromatic nitrogens is 4. The van der Waals surface area contributed by atoms with Crippen molar-refractivity contribution >= 4 is 61.4 Å². The molecule has 12 aromatic rings. The summed E-state index contributed by atoms with van der Waals surface area (Å²) in [7, 11) is 0. The molecule has 13 rings (SSSR count). The molecule has 67 heavy (non-hydrogen) atoms. The van der Waals surface area contributed by atoms with E-state index in [9.17, 15) is 0 Å². The molecular formula is C61H39N5S. The molecule has 5 nitrogen and oxygen atoms in total. The SMILES string of the molecule is c1ccc(-c2ccc(-c3nc(-c4ccccc4)nc(-c4cccc(-n5c6cc(-c7ccc8c(c7)N(c7ccccc7)c7ccccc7S8)ccc6c6c7ccccc7ccc65)c4)n3)cc2)cc1. The number of hydrogen-bond acceptors (Lipinski definition) is 5. The monoisotopic (exact) mass is 873 g/mol. The van der Waals surface area contributed by atoms with Crippen LogP contribution in [0, 0.1) is 0 Å². The van der Waals surface area contributed by atoms with Crippen LogP contribution in [0.4, 0.5) is 17.1 Å². The van der Waals surface area contributed by atoms with Crippen molar-refractivity contribution in [3.63, 3.8) is 0 Å². The Morgan fingerprint density at radius 1 is 0.313 bits per heavy atom. The Morgan fingerprint density at radius 3 is 1.66 bits per heavy atom. The van der Waals surface area contributed by atoms with Crippen LogP contribution in [0.1, 0.15) is 0 Å². The summed E-state index contributed by atoms with van der Waals surface area (Å²) in [5.41, 5.74) is 14.1. The summed E-state index contributed by atoms with van der Waals surface area (Å²) in [5, 5.41) is 4.86. The van der Waals surface area contributed by atoms with Crippen molar-refractivity contribution in [2.75, 3.05) is 4.90 Å². The van der Waals surface area contributed by atoms with Crippen molar-refractivity contribution in [3.05, 3.63) is 237 Å². The Kier molecular flexibility index (Phi) is 9.36. The van der Waals surface area contributed by atoms with Gasteiger partial charge < -0.3 is 9.47 Å². The van der Waals surface area contributed by atoms with E-state index in [0.717, 1.165) is 55.8 Å². The predicted molar refractivity (Wildman–Crippen MR) is 278 cm³/mol. The minimum absolute atomic E-state index is 0.612. The molecule has 0 saturated carbocycles. The number of para-hydroxylation sites is 2. The van der Waals surface area contributed by atoms with Gasteiger partial charge in [-0.15, -0.1) is 0 Å². The average Bonchev–Trinajstić information content (AvgIpc) is 3.75. The first-order valence-electron chi connectivity index (χ1n) is 22.5. The minimum atomic E-state index is 0.612. The summed E-state index contributed by atoms with van der Waals surface area (Å²) in [4.78, 5) is 20.3. The Labute approximate surface area is 392 Å². The molecule has 0 fully saturated rings. The highest BCUT2D eigenvalue weighted by molar-refractivity contribution is 7.99. The summed E-state index contributed by atoms with van der Waals surface area (Å²) in [6, 6.07) is 84.1. The average molecular weight is 874 g/mol. The van der Waals surface area contributed by atoms with Crippen LogP contribution in [0.25, 0.3) is 94.7 Å². The number of nitrogens with zero attached hydrogens (tertiary/aromatic N) is 5. The maximum absolute atomic E-state index is 5.18. The smallest absolute Gasteiger partial charge is 0.164 e. The highest BCUT2D eigenvalue weighted by Gasteiger charge is 2.26. The largest absolute Gasteiger partial charge is 0.309 e. The molecule has 0 bridgehead atoms. The number of rotatable bonds is 7. The quantitative estimate of drug-likeness (QED) is 0.160. The van der Waals surface area contributed by atoms with Gasteiger partial charge >= 0.3 is 0 Å². The van der Waals surface area contributed by atoms with E-state index >= 15 is 0 Å². The maximum Gasteiger partial charge on any atom is 0.164 e. The van der Waals surface area contributed by atoms with E-state index in [1.165, 1.54) is 48.3 Å². The van der Waals surface area contributed by atoms with Crippen molar-refractivity contribution in [1.29, 1.82) is 0 Å². The lowest BCUT2D eigenvalue weighted by molar-refractivity contribution is 1.07. The summed E-state index contributed by atoms with van der Waals surface area (Å²) < 4.78 is 2.41. The highest BCUT2D eigenvalue weighted by atomic mass is 32.2. The van der Waals surface area contributed by atoms with Gasteiger partial charge in [0, 0.05) is 48.6 Å². The lowest BCUT2D eigenvalue weighted by Crippen LogP contribution is -2.14. The molecule has 10 aromatic carbocycles. The zero-order valence-corrected chi connectivity index (χ0v) is 37.0. The van der Waals surface area contributed by atoms with Crippen LogP contribution in [0.5, 0.6) is 0 Å². The Hall–Kier alpha value is -8.58. The third-order valence-corrected chi connectivity index (χ3v) is 13.9. The molecule has 0 aliphatic carbocycles. The molecule has 0 radical (unpaired) electrons. The van der Waals surface area contributed by atoms with Crippen LogP contribution in [-0.4, -0.2) is 19.5 Å². The number of benzene rings is 10. The number of fused-ring (bicyclic) bond motifs is 7. The summed E-state index contributed by atoms with van der Waals surface area (Å²) in [6.07, 6.45) is 0. The van der Waals surface area contributed by atoms with Gasteiger partial charge in [0.05, 0.1) is 22.4 Å². The van der Waals surface area contributed by atoms with Crippen LogP contribution in [0.15, 0.2) is 246 Å². The Balaban J connectivity index is 0.969. The molecular weight excluding hydrogens is 835 g/mol. The predicted octanol–water partition coefficient (Wildman–Crippen LogP) is 16.4. The summed E-state index contributed by atoms with van der Waals surface area (Å²) in [5.74, 6) is 1.87. The van der Waals surface area contributed by atoms with Gasteiger partial charge in [0.15, 0.2) is 17.5 Å². The maximum atomic E-state index is 5.18. The molecule has 0 spiro atoms. The van der Waals surface area contributed by atoms with E-state index in [4.69, 9.17) is 15.0 Å². The molecule has 6 heteroatoms. The molecule has 314 valence electrons. The van der Waals surface area contributed by atoms with Gasteiger partial charge in [-0.3, -0.25) is 0 Å². The highest BCUT2D eigenvalue weighted by Crippen LogP contribution is 2.52. The number of anilines is 3. The molecule has 0 unspecified atom stereocenters. The van der Waals surface area contributed by atoms with Gasteiger partial charge in [0.1, 0.15) is 0 Å². The van der Waals surface area contributed by atoms with E-state index in [1.54, 1.807) is 0 Å². The van der Waals surface area contributed by atoms with E-state index in [-0.39, 0.29) is 0 Å². The zero-order valence-electron chi connectivity index (χ0n) is 36.2. The second kappa shape index (κ2) is 16.1. The Bertz CT molecular complexity index is 3830. The van der Waals surface area contributed by atoms with E-state index in [0.29, 0.717) is 17.5 Å². The molecule has 2 aromatic heterocycles. The third-order valence-electron chi connectivity index (χ3n) is 12.8. The summed E-state index contributed by atoms with van der Waals surface area (Å²) in [6.45, 7) is 0. The normalized spacial score (nSPS) is 12.1. The molecule has 0 atom stereocenters. The van der Waals surface area contributed by atoms with Crippen LogP contribution in [0.2, 0.25) is 0 Å². The van der Waals surface area contributed by atoms with Crippen LogP contribution < -0.4 is 4.90 Å². The number of hydrogen-bond donors (Lipinski definition) is 0. The van der Waals surface area contributed by atoms with Gasteiger partial charge in [0.2, 0.25) is 0 Å². The van der Waals surface area contributed by atoms with Crippen LogP contribution in [0.3, 0.4) is 0 Å². The Morgan fingerprint density at radius 2 is 0.866 bits per heavy atom. The van der Waals surface area contributed by atoms with Gasteiger partial charge in [-0.2, -0.15) is 0 Å². The first-order valence-corrected chi connectivity index (χ1v) is 23.3. The van der Waals surface area contributed by atoms with Gasteiger partial charge in [-0.05, 0) is 93.7 Å². The molecule has 3 heterocycles. The first kappa shape index (κ1) is 38.8. The van der Waals surface area contributed by atoms with E-state index in [2.05, 4.69) is 222 Å². The van der Waals surface area contributed by atoms with Crippen molar-refractivity contribution < 1.29 is 0 Å². The van der Waals surface area contributed by atoms with Crippen LogP contribution >= 0.6 is 11.8 Å². The fourth-order valence-electron chi connectivity index (χ4n) is 9.61. The first-order chi connectivity index (χ1) is 33.2. The van der Waals surface area contributed by atoms with Crippen molar-refractivity contribution in [2.24, 2.45) is 0 Å². The standard InChI is InChI=1S/C61H39N5S/c1-4-15-40(16-5-1)41-27-29-44(30-28-41)60-62-59(43-18-6-2-7-19-43)63-61(64-60)47-20-14-23-49(37-47)66-53-35-32-42-17-10-11-24-50(42)58(53)51-34-31-45(38-54(51)66)46-33-36-57-55(39-46)65(48-21-8-3-9-22-48)52-25-12-13-26-56(52)67-57/h1-39H. The fraction of sp³-hybridized carbons (Fsp3) is 0. The fourth-order valence-corrected chi connectivity index (χ4v) is 10.6. The molecule has 1 aliphatic heterocycles. The topological polar surface area (TPSA) is 46.8 Å². The lowest BCUT2D eigenvalue weighted by Gasteiger charge is -2.33. The molecule has 0 saturated heterocycles. The van der Waals surface area contributed by atoms with Crippen molar-refractivity contribution in [1.82, 2.24) is 19.5 Å². The van der Waals surface area contributed by atoms with Gasteiger partial charge in [-0.1, -0.05) is 188 Å². The second-order valence-corrected chi connectivity index (χ2v) is 17.9. The van der Waals surface area contributed by atoms with Gasteiger partial charge in [-0.25, -0.2) is 15.0 Å². The zero-order chi connectivity index (χ0) is 44.3. The molecule has 1 aliphatic rings.